The van der Waals surface area contributed by atoms with E-state index in [2.05, 4.69) is 0 Å². The fourth-order valence-electron chi connectivity index (χ4n) is 2.17. The Morgan fingerprint density at radius 2 is 2.00 bits per heavy atom. The lowest BCUT2D eigenvalue weighted by Gasteiger charge is -2.20. The van der Waals surface area contributed by atoms with Gasteiger partial charge >= 0.3 is 5.97 Å². The zero-order valence-electron chi connectivity index (χ0n) is 8.32. The van der Waals surface area contributed by atoms with Gasteiger partial charge in [0.25, 0.3) is 0 Å². The average Bonchev–Trinajstić information content (AvgIpc) is 2.85. The molecule has 0 aliphatic heterocycles. The molecule has 0 aromatic heterocycles. The van der Waals surface area contributed by atoms with Crippen LogP contribution in [0.4, 0.5) is 0 Å². The third-order valence-corrected chi connectivity index (χ3v) is 2.98. The third-order valence-electron chi connectivity index (χ3n) is 2.98. The second kappa shape index (κ2) is 4.09. The molecule has 4 heteroatoms. The molecular formula is C10H16O4. The van der Waals surface area contributed by atoms with Crippen LogP contribution in [0, 0.1) is 11.3 Å². The Kier molecular flexibility index (Phi) is 3.26. The summed E-state index contributed by atoms with van der Waals surface area (Å²) in [5.41, 5.74) is -0.347. The van der Waals surface area contributed by atoms with E-state index in [1.807, 2.05) is 6.92 Å². The smallest absolute Gasteiger partial charge is 0.314 e. The van der Waals surface area contributed by atoms with Crippen molar-refractivity contribution in [2.45, 2.75) is 32.6 Å². The Hall–Kier alpha value is -0.900. The second-order valence-electron chi connectivity index (χ2n) is 4.01. The fourth-order valence-corrected chi connectivity index (χ4v) is 2.17. The predicted octanol–water partition coefficient (Wildman–Crippen LogP) is 0.829. The number of carboxylic acid groups (broad SMARTS) is 1. The molecule has 1 aliphatic rings. The van der Waals surface area contributed by atoms with Crippen molar-refractivity contribution >= 4 is 11.8 Å². The normalized spacial score (nSPS) is 20.1. The maximum atomic E-state index is 11.3. The Bertz CT molecular complexity index is 243. The van der Waals surface area contributed by atoms with E-state index in [0.717, 1.165) is 25.7 Å². The number of aliphatic hydroxyl groups excluding tert-OH is 1. The maximum absolute atomic E-state index is 11.3. The third kappa shape index (κ3) is 1.95. The van der Waals surface area contributed by atoms with Crippen LogP contribution in [0.1, 0.15) is 32.6 Å². The van der Waals surface area contributed by atoms with E-state index >= 15 is 0 Å². The standard InChI is InChI=1S/C10H16O4/c1-2-3-10(4-5-10)8(9(13)14)7(12)6-11/h8,11H,2-6H2,1H3,(H,13,14). The first-order chi connectivity index (χ1) is 6.57. The Morgan fingerprint density at radius 1 is 1.43 bits per heavy atom. The molecule has 0 aromatic rings. The summed E-state index contributed by atoms with van der Waals surface area (Å²) in [6, 6.07) is 0. The van der Waals surface area contributed by atoms with Gasteiger partial charge in [0, 0.05) is 0 Å². The average molecular weight is 200 g/mol. The molecule has 2 N–H and O–H groups in total. The van der Waals surface area contributed by atoms with Crippen molar-refractivity contribution in [3.8, 4) is 0 Å². The van der Waals surface area contributed by atoms with Gasteiger partial charge in [-0.1, -0.05) is 13.3 Å². The highest BCUT2D eigenvalue weighted by molar-refractivity contribution is 6.00. The largest absolute Gasteiger partial charge is 0.481 e. The topological polar surface area (TPSA) is 74.6 Å². The number of hydrogen-bond donors (Lipinski definition) is 2. The van der Waals surface area contributed by atoms with Gasteiger partial charge in [-0.25, -0.2) is 0 Å². The molecular weight excluding hydrogens is 184 g/mol. The van der Waals surface area contributed by atoms with Crippen LogP contribution in [-0.4, -0.2) is 28.6 Å². The zero-order chi connectivity index (χ0) is 10.8. The summed E-state index contributed by atoms with van der Waals surface area (Å²) in [6.45, 7) is 1.31. The minimum absolute atomic E-state index is 0.347. The molecule has 80 valence electrons. The monoisotopic (exact) mass is 200 g/mol. The molecule has 1 saturated carbocycles. The van der Waals surface area contributed by atoms with E-state index < -0.39 is 24.3 Å². The van der Waals surface area contributed by atoms with Crippen molar-refractivity contribution in [3.05, 3.63) is 0 Å². The van der Waals surface area contributed by atoms with E-state index in [4.69, 9.17) is 10.2 Å². The van der Waals surface area contributed by atoms with Crippen LogP contribution in [0.5, 0.6) is 0 Å². The van der Waals surface area contributed by atoms with Crippen molar-refractivity contribution in [3.63, 3.8) is 0 Å². The number of aliphatic hydroxyl groups is 1. The van der Waals surface area contributed by atoms with Crippen LogP contribution in [0.15, 0.2) is 0 Å². The minimum atomic E-state index is -1.09. The fraction of sp³-hybridized carbons (Fsp3) is 0.800. The molecule has 0 spiro atoms. The zero-order valence-corrected chi connectivity index (χ0v) is 8.32. The van der Waals surface area contributed by atoms with Crippen molar-refractivity contribution in [1.82, 2.24) is 0 Å². The maximum Gasteiger partial charge on any atom is 0.314 e. The van der Waals surface area contributed by atoms with Crippen LogP contribution in [-0.2, 0) is 9.59 Å². The number of carbonyl (C=O) groups excluding carboxylic acids is 1. The number of rotatable bonds is 6. The Balaban J connectivity index is 2.77. The lowest BCUT2D eigenvalue weighted by atomic mass is 9.82. The number of Topliss-reactive ketones (excluding diaryl/α,β-unsaturated/α-hetero) is 1. The first-order valence-corrected chi connectivity index (χ1v) is 4.94. The van der Waals surface area contributed by atoms with Crippen LogP contribution in [0.25, 0.3) is 0 Å². The van der Waals surface area contributed by atoms with Gasteiger partial charge in [0.2, 0.25) is 0 Å². The van der Waals surface area contributed by atoms with E-state index in [-0.39, 0.29) is 5.41 Å². The summed E-state index contributed by atoms with van der Waals surface area (Å²) >= 11 is 0. The number of carbonyl (C=O) groups is 2. The lowest BCUT2D eigenvalue weighted by molar-refractivity contribution is -0.150. The van der Waals surface area contributed by atoms with Gasteiger partial charge < -0.3 is 10.2 Å². The first-order valence-electron chi connectivity index (χ1n) is 4.94. The molecule has 0 radical (unpaired) electrons. The van der Waals surface area contributed by atoms with Crippen molar-refractivity contribution in [1.29, 1.82) is 0 Å². The molecule has 1 rings (SSSR count). The van der Waals surface area contributed by atoms with E-state index in [1.54, 1.807) is 0 Å². The minimum Gasteiger partial charge on any atom is -0.481 e. The molecule has 0 heterocycles. The van der Waals surface area contributed by atoms with Crippen LogP contribution in [0.3, 0.4) is 0 Å². The van der Waals surface area contributed by atoms with Crippen LogP contribution in [0.2, 0.25) is 0 Å². The van der Waals surface area contributed by atoms with Gasteiger partial charge in [0.05, 0.1) is 0 Å². The summed E-state index contributed by atoms with van der Waals surface area (Å²) in [5.74, 6) is -2.63. The van der Waals surface area contributed by atoms with Gasteiger partial charge in [-0.15, -0.1) is 0 Å². The molecule has 1 fully saturated rings. The van der Waals surface area contributed by atoms with Crippen LogP contribution < -0.4 is 0 Å². The van der Waals surface area contributed by atoms with Crippen molar-refractivity contribution in [2.75, 3.05) is 6.61 Å². The molecule has 1 aliphatic carbocycles. The quantitative estimate of drug-likeness (QED) is 0.623. The van der Waals surface area contributed by atoms with Crippen molar-refractivity contribution in [2.24, 2.45) is 11.3 Å². The highest BCUT2D eigenvalue weighted by Crippen LogP contribution is 2.55. The summed E-state index contributed by atoms with van der Waals surface area (Å²) in [4.78, 5) is 22.2. The molecule has 0 amide bonds. The molecule has 0 aromatic carbocycles. The molecule has 1 atom stereocenters. The van der Waals surface area contributed by atoms with Gasteiger partial charge in [-0.3, -0.25) is 9.59 Å². The number of aliphatic carboxylic acids is 1. The Morgan fingerprint density at radius 3 is 2.29 bits per heavy atom. The predicted molar refractivity (Wildman–Crippen MR) is 49.8 cm³/mol. The summed E-state index contributed by atoms with van der Waals surface area (Å²) in [7, 11) is 0. The highest BCUT2D eigenvalue weighted by Gasteiger charge is 2.54. The SMILES string of the molecule is CCCC1(C(C(=O)O)C(=O)CO)CC1. The second-order valence-corrected chi connectivity index (χ2v) is 4.01. The van der Waals surface area contributed by atoms with Gasteiger partial charge in [0.15, 0.2) is 5.78 Å². The number of ketones is 1. The Labute approximate surface area is 82.9 Å². The first kappa shape index (κ1) is 11.2. The summed E-state index contributed by atoms with van der Waals surface area (Å²) < 4.78 is 0. The van der Waals surface area contributed by atoms with Gasteiger partial charge in [-0.2, -0.15) is 0 Å². The van der Waals surface area contributed by atoms with Crippen LogP contribution >= 0.6 is 0 Å². The van der Waals surface area contributed by atoms with Gasteiger partial charge in [-0.05, 0) is 24.7 Å². The van der Waals surface area contributed by atoms with E-state index in [9.17, 15) is 9.59 Å². The van der Waals surface area contributed by atoms with E-state index in [1.165, 1.54) is 0 Å². The molecule has 1 unspecified atom stereocenters. The molecule has 0 saturated heterocycles. The molecule has 4 nitrogen and oxygen atoms in total. The lowest BCUT2D eigenvalue weighted by Crippen LogP contribution is -2.34. The molecule has 14 heavy (non-hydrogen) atoms. The molecule has 0 bridgehead atoms. The van der Waals surface area contributed by atoms with E-state index in [0.29, 0.717) is 0 Å². The number of carboxylic acids is 1. The summed E-state index contributed by atoms with van der Waals surface area (Å²) in [6.07, 6.45) is 3.23. The summed E-state index contributed by atoms with van der Waals surface area (Å²) in [5, 5.41) is 17.6. The van der Waals surface area contributed by atoms with Crippen molar-refractivity contribution < 1.29 is 19.8 Å². The number of hydrogen-bond acceptors (Lipinski definition) is 3. The van der Waals surface area contributed by atoms with Gasteiger partial charge in [0.1, 0.15) is 12.5 Å². The highest BCUT2D eigenvalue weighted by atomic mass is 16.4.